The Balaban J connectivity index is 1.55. The highest BCUT2D eigenvalue weighted by Gasteiger charge is 2.69. The molecule has 19 heteroatoms. The molecule has 274 valence electrons. The number of phenolic OH excluding ortho intramolecular Hbond substituents is 1. The van der Waals surface area contributed by atoms with Crippen LogP contribution >= 0.6 is 0 Å². The van der Waals surface area contributed by atoms with Gasteiger partial charge < -0.3 is 31.5 Å². The Bertz CT molecular complexity index is 1860. The molecule has 13 nitrogen and oxygen atoms in total. The largest absolute Gasteiger partial charge is 0.505 e. The van der Waals surface area contributed by atoms with Crippen LogP contribution in [0.1, 0.15) is 33.5 Å². The van der Waals surface area contributed by atoms with E-state index in [2.05, 4.69) is 5.32 Å². The van der Waals surface area contributed by atoms with Crippen LogP contribution in [0.4, 0.5) is 48.2 Å². The van der Waals surface area contributed by atoms with Crippen molar-refractivity contribution in [2.24, 2.45) is 29.4 Å². The van der Waals surface area contributed by atoms with Crippen molar-refractivity contribution in [3.05, 3.63) is 46.5 Å². The van der Waals surface area contributed by atoms with Crippen molar-refractivity contribution >= 4 is 52.1 Å². The number of carbonyl (C=O) groups is 6. The van der Waals surface area contributed by atoms with Crippen LogP contribution in [-0.4, -0.2) is 90.0 Å². The standard InChI is InChI=1S/C32H31F6N5O8/c1-42(2)18-10-17(41-29(50)40-14-8-12(31(33,34)35)7-13(9-14)32(36,37)38)23(44)20-15(18)5-11-6-16-22(43(3)4)25(46)21(28(39)49)27(48)30(16,51)26(47)19(11)24(20)45/h7-11,16,19,21-22,44,51H,5-6H2,1-4H3,(H2,39,49)(H2,40,41,50). The average molecular weight is 728 g/mol. The molecule has 0 saturated heterocycles. The molecular weight excluding hydrogens is 696 g/mol. The third-order valence-electron chi connectivity index (χ3n) is 9.61. The maximum absolute atomic E-state index is 14.1. The van der Waals surface area contributed by atoms with Gasteiger partial charge in [-0.2, -0.15) is 26.3 Å². The van der Waals surface area contributed by atoms with Crippen LogP contribution in [0.25, 0.3) is 0 Å². The predicted molar refractivity (Wildman–Crippen MR) is 165 cm³/mol. The SMILES string of the molecule is CN(C)c1cc(NC(=O)Nc2cc(C(F)(F)F)cc(C(F)(F)F)c2)c(O)c2c1CC1CC3C(N(C)C)C(=O)C(C(N)=O)C(=O)C3(O)C(=O)C1C2=O. The molecule has 2 aromatic carbocycles. The number of Topliss-reactive ketones (excluding diaryl/α,β-unsaturated/α-hetero) is 4. The van der Waals surface area contributed by atoms with E-state index in [-0.39, 0.29) is 42.3 Å². The summed E-state index contributed by atoms with van der Waals surface area (Å²) in [4.78, 5) is 82.8. The fourth-order valence-corrected chi connectivity index (χ4v) is 7.46. The lowest BCUT2D eigenvalue weighted by molar-refractivity contribution is -0.181. The number of aliphatic hydroxyl groups is 1. The number of carbonyl (C=O) groups excluding carboxylic acids is 6. The molecule has 3 aliphatic carbocycles. The Hall–Kier alpha value is -5.04. The summed E-state index contributed by atoms with van der Waals surface area (Å²) in [6.07, 6.45) is -10.8. The monoisotopic (exact) mass is 727 g/mol. The van der Waals surface area contributed by atoms with Gasteiger partial charge in [-0.25, -0.2) is 4.79 Å². The molecule has 0 aromatic heterocycles. The molecule has 5 rings (SSSR count). The number of amides is 3. The number of hydrogen-bond donors (Lipinski definition) is 5. The second-order valence-electron chi connectivity index (χ2n) is 13.2. The quantitative estimate of drug-likeness (QED) is 0.173. The molecule has 3 amide bonds. The van der Waals surface area contributed by atoms with Gasteiger partial charge in [-0.1, -0.05) is 0 Å². The number of rotatable bonds is 5. The minimum atomic E-state index is -5.21. The summed E-state index contributed by atoms with van der Waals surface area (Å²) in [7, 11) is 5.90. The number of urea groups is 1. The third kappa shape index (κ3) is 6.07. The van der Waals surface area contributed by atoms with Crippen molar-refractivity contribution < 1.29 is 65.3 Å². The summed E-state index contributed by atoms with van der Waals surface area (Å²) in [5, 5.41) is 27.0. The first-order valence-corrected chi connectivity index (χ1v) is 15.2. The highest BCUT2D eigenvalue weighted by atomic mass is 19.4. The van der Waals surface area contributed by atoms with Gasteiger partial charge in [0.05, 0.1) is 34.3 Å². The van der Waals surface area contributed by atoms with Crippen molar-refractivity contribution in [3.8, 4) is 5.75 Å². The van der Waals surface area contributed by atoms with Gasteiger partial charge in [0.25, 0.3) is 0 Å². The molecule has 2 fully saturated rings. The molecule has 6 unspecified atom stereocenters. The first kappa shape index (κ1) is 37.2. The number of nitrogens with one attached hydrogen (secondary N) is 2. The van der Waals surface area contributed by atoms with E-state index in [1.807, 2.05) is 5.32 Å². The second kappa shape index (κ2) is 12.3. The molecular formula is C32H31F6N5O8. The van der Waals surface area contributed by atoms with Gasteiger partial charge in [0, 0.05) is 31.4 Å². The summed E-state index contributed by atoms with van der Waals surface area (Å²) in [5.41, 5.74) is -2.68. The van der Waals surface area contributed by atoms with E-state index < -0.39 is 117 Å². The van der Waals surface area contributed by atoms with E-state index in [0.717, 1.165) is 0 Å². The Labute approximate surface area is 284 Å². The van der Waals surface area contributed by atoms with Crippen molar-refractivity contribution in [2.45, 2.75) is 36.8 Å². The number of benzene rings is 2. The Morgan fingerprint density at radius 2 is 1.47 bits per heavy atom. The number of alkyl halides is 6. The number of phenols is 1. The zero-order valence-electron chi connectivity index (χ0n) is 27.2. The molecule has 3 aliphatic rings. The smallest absolute Gasteiger partial charge is 0.416 e. The van der Waals surface area contributed by atoms with E-state index in [9.17, 15) is 65.3 Å². The number of aromatic hydroxyl groups is 1. The van der Waals surface area contributed by atoms with Crippen LogP contribution in [0.5, 0.6) is 5.75 Å². The summed E-state index contributed by atoms with van der Waals surface area (Å²) in [5.74, 6) is -13.4. The lowest BCUT2D eigenvalue weighted by Crippen LogP contribution is -2.74. The van der Waals surface area contributed by atoms with E-state index in [0.29, 0.717) is 0 Å². The number of fused-ring (bicyclic) bond motifs is 3. The number of nitrogens with two attached hydrogens (primary N) is 1. The number of hydrogen-bond acceptors (Lipinski definition) is 10. The summed E-state index contributed by atoms with van der Waals surface area (Å²) in [6, 6.07) is -1.18. The highest BCUT2D eigenvalue weighted by molar-refractivity contribution is 6.32. The number of primary amides is 1. The molecule has 0 spiro atoms. The number of halogens is 6. The molecule has 6 N–H and O–H groups in total. The normalized spacial score (nSPS) is 26.3. The molecule has 0 aliphatic heterocycles. The Morgan fingerprint density at radius 3 is 1.96 bits per heavy atom. The first-order valence-electron chi connectivity index (χ1n) is 15.2. The van der Waals surface area contributed by atoms with Gasteiger partial charge in [-0.15, -0.1) is 0 Å². The van der Waals surface area contributed by atoms with Crippen molar-refractivity contribution in [1.29, 1.82) is 0 Å². The topological polar surface area (TPSA) is 199 Å². The van der Waals surface area contributed by atoms with Gasteiger partial charge in [0.15, 0.2) is 34.7 Å². The minimum Gasteiger partial charge on any atom is -0.505 e. The summed E-state index contributed by atoms with van der Waals surface area (Å²) >= 11 is 0. The van der Waals surface area contributed by atoms with E-state index in [1.165, 1.54) is 44.1 Å². The summed E-state index contributed by atoms with van der Waals surface area (Å²) in [6.45, 7) is 0. The molecule has 2 saturated carbocycles. The van der Waals surface area contributed by atoms with Gasteiger partial charge in [0.1, 0.15) is 5.75 Å². The van der Waals surface area contributed by atoms with E-state index >= 15 is 0 Å². The lowest BCUT2D eigenvalue weighted by atomic mass is 9.52. The van der Waals surface area contributed by atoms with Crippen LogP contribution in [-0.2, 0) is 38.0 Å². The highest BCUT2D eigenvalue weighted by Crippen LogP contribution is 2.53. The zero-order chi connectivity index (χ0) is 38.3. The maximum Gasteiger partial charge on any atom is 0.416 e. The maximum atomic E-state index is 14.1. The molecule has 51 heavy (non-hydrogen) atoms. The fourth-order valence-electron chi connectivity index (χ4n) is 7.46. The van der Waals surface area contributed by atoms with Crippen molar-refractivity contribution in [1.82, 2.24) is 4.90 Å². The van der Waals surface area contributed by atoms with Crippen LogP contribution in [0.3, 0.4) is 0 Å². The number of nitrogens with zero attached hydrogens (tertiary/aromatic N) is 2. The molecule has 0 radical (unpaired) electrons. The number of likely N-dealkylation sites (N-methyl/N-ethyl adjacent to an activating group) is 1. The minimum absolute atomic E-state index is 0.121. The molecule has 2 aromatic rings. The molecule has 0 bridgehead atoms. The lowest BCUT2D eigenvalue weighted by Gasteiger charge is -2.52. The summed E-state index contributed by atoms with van der Waals surface area (Å²) < 4.78 is 80.0. The fraction of sp³-hybridized carbons (Fsp3) is 0.438. The molecule has 6 atom stereocenters. The average Bonchev–Trinajstić information content (AvgIpc) is 2.98. The second-order valence-corrected chi connectivity index (χ2v) is 13.2. The van der Waals surface area contributed by atoms with Gasteiger partial charge >= 0.3 is 18.4 Å². The number of ketones is 4. The van der Waals surface area contributed by atoms with Crippen LogP contribution in [0.2, 0.25) is 0 Å². The van der Waals surface area contributed by atoms with E-state index in [1.54, 1.807) is 0 Å². The van der Waals surface area contributed by atoms with Crippen LogP contribution < -0.4 is 21.3 Å². The Kier molecular flexibility index (Phi) is 9.00. The predicted octanol–water partition coefficient (Wildman–Crippen LogP) is 2.61. The third-order valence-corrected chi connectivity index (χ3v) is 9.61. The van der Waals surface area contributed by atoms with Crippen molar-refractivity contribution in [3.63, 3.8) is 0 Å². The number of anilines is 3. The first-order chi connectivity index (χ1) is 23.4. The molecule has 0 heterocycles. The Morgan fingerprint density at radius 1 is 0.902 bits per heavy atom. The van der Waals surface area contributed by atoms with Gasteiger partial charge in [-0.05, 0) is 62.7 Å². The van der Waals surface area contributed by atoms with Crippen LogP contribution in [0, 0.1) is 23.7 Å². The van der Waals surface area contributed by atoms with Crippen LogP contribution in [0.15, 0.2) is 24.3 Å². The van der Waals surface area contributed by atoms with Crippen molar-refractivity contribution in [2.75, 3.05) is 43.7 Å². The zero-order valence-corrected chi connectivity index (χ0v) is 27.2. The van der Waals surface area contributed by atoms with E-state index in [4.69, 9.17) is 5.73 Å². The van der Waals surface area contributed by atoms with Gasteiger partial charge in [0.2, 0.25) is 5.91 Å². The van der Waals surface area contributed by atoms with Gasteiger partial charge in [-0.3, -0.25) is 28.9 Å².